The van der Waals surface area contributed by atoms with Gasteiger partial charge >= 0.3 is 5.97 Å². The number of ether oxygens (including phenoxy) is 1. The predicted molar refractivity (Wildman–Crippen MR) is 81.5 cm³/mol. The molecule has 1 aliphatic rings. The van der Waals surface area contributed by atoms with Gasteiger partial charge in [0.1, 0.15) is 18.4 Å². The smallest absolute Gasteiger partial charge is 0.320 e. The van der Waals surface area contributed by atoms with E-state index in [2.05, 4.69) is 15.9 Å². The molecule has 1 N–H and O–H groups in total. The van der Waals surface area contributed by atoms with Crippen molar-refractivity contribution in [3.05, 3.63) is 27.7 Å². The molecular formula is C14H17BrClNO3. The van der Waals surface area contributed by atoms with Crippen LogP contribution >= 0.6 is 27.5 Å². The maximum atomic E-state index is 11.2. The summed E-state index contributed by atoms with van der Waals surface area (Å²) in [5.74, 6) is -0.0179. The third-order valence-corrected chi connectivity index (χ3v) is 4.28. The van der Waals surface area contributed by atoms with E-state index in [1.54, 1.807) is 18.2 Å². The molecular weight excluding hydrogens is 346 g/mol. The number of carboxylic acids is 1. The first-order chi connectivity index (χ1) is 9.58. The van der Waals surface area contributed by atoms with Crippen LogP contribution in [-0.2, 0) is 4.79 Å². The average Bonchev–Trinajstić information content (AvgIpc) is 2.41. The standard InChI is InChI=1S/C14H17BrClNO3/c15-11-9-10(16)4-5-13(11)20-8-7-17-6-2-1-3-12(17)14(18)19/h4-5,9,12H,1-3,6-8H2,(H,18,19). The minimum Gasteiger partial charge on any atom is -0.491 e. The van der Waals surface area contributed by atoms with Gasteiger partial charge in [-0.25, -0.2) is 0 Å². The Morgan fingerprint density at radius 3 is 3.00 bits per heavy atom. The Labute approximate surface area is 131 Å². The van der Waals surface area contributed by atoms with Crippen LogP contribution in [0.2, 0.25) is 5.02 Å². The fraction of sp³-hybridized carbons (Fsp3) is 0.500. The van der Waals surface area contributed by atoms with Crippen molar-refractivity contribution in [2.24, 2.45) is 0 Å². The van der Waals surface area contributed by atoms with E-state index >= 15 is 0 Å². The number of hydrogen-bond acceptors (Lipinski definition) is 3. The summed E-state index contributed by atoms with van der Waals surface area (Å²) in [6.45, 7) is 1.90. The predicted octanol–water partition coefficient (Wildman–Crippen LogP) is 3.42. The Morgan fingerprint density at radius 2 is 2.30 bits per heavy atom. The van der Waals surface area contributed by atoms with E-state index in [1.165, 1.54) is 0 Å². The van der Waals surface area contributed by atoms with Gasteiger partial charge in [0, 0.05) is 11.6 Å². The van der Waals surface area contributed by atoms with Gasteiger partial charge in [-0.1, -0.05) is 18.0 Å². The first-order valence-electron chi connectivity index (χ1n) is 6.62. The normalized spacial score (nSPS) is 19.8. The highest BCUT2D eigenvalue weighted by Crippen LogP contribution is 2.28. The zero-order valence-electron chi connectivity index (χ0n) is 11.0. The fourth-order valence-corrected chi connectivity index (χ4v) is 3.20. The number of carbonyl (C=O) groups is 1. The average molecular weight is 363 g/mol. The minimum absolute atomic E-state index is 0.374. The van der Waals surface area contributed by atoms with Crippen molar-refractivity contribution < 1.29 is 14.6 Å². The number of halogens is 2. The van der Waals surface area contributed by atoms with E-state index in [0.717, 1.165) is 36.0 Å². The summed E-state index contributed by atoms with van der Waals surface area (Å²) in [5.41, 5.74) is 0. The molecule has 110 valence electrons. The van der Waals surface area contributed by atoms with Crippen molar-refractivity contribution >= 4 is 33.5 Å². The van der Waals surface area contributed by atoms with Crippen molar-refractivity contribution in [2.75, 3.05) is 19.7 Å². The van der Waals surface area contributed by atoms with Crippen LogP contribution in [0.15, 0.2) is 22.7 Å². The molecule has 1 saturated heterocycles. The van der Waals surface area contributed by atoms with Crippen molar-refractivity contribution in [1.29, 1.82) is 0 Å². The molecule has 0 radical (unpaired) electrons. The molecule has 0 amide bonds. The summed E-state index contributed by atoms with van der Waals surface area (Å²) in [5, 5.41) is 9.84. The lowest BCUT2D eigenvalue weighted by Gasteiger charge is -2.32. The van der Waals surface area contributed by atoms with Crippen LogP contribution in [0.4, 0.5) is 0 Å². The highest BCUT2D eigenvalue weighted by molar-refractivity contribution is 9.10. The molecule has 1 aliphatic heterocycles. The molecule has 0 saturated carbocycles. The van der Waals surface area contributed by atoms with E-state index in [-0.39, 0.29) is 6.04 Å². The van der Waals surface area contributed by atoms with Gasteiger partial charge in [0.05, 0.1) is 4.47 Å². The Balaban J connectivity index is 1.86. The van der Waals surface area contributed by atoms with Gasteiger partial charge in [0.15, 0.2) is 0 Å². The first-order valence-corrected chi connectivity index (χ1v) is 7.80. The Hall–Kier alpha value is -0.780. The molecule has 0 spiro atoms. The number of piperidine rings is 1. The summed E-state index contributed by atoms with van der Waals surface area (Å²) in [6, 6.07) is 4.97. The number of rotatable bonds is 5. The number of carboxylic acid groups (broad SMARTS) is 1. The van der Waals surface area contributed by atoms with E-state index < -0.39 is 5.97 Å². The lowest BCUT2D eigenvalue weighted by atomic mass is 10.0. The van der Waals surface area contributed by atoms with Crippen molar-refractivity contribution in [3.63, 3.8) is 0 Å². The zero-order chi connectivity index (χ0) is 14.5. The molecule has 1 aromatic carbocycles. The molecule has 1 aromatic rings. The maximum absolute atomic E-state index is 11.2. The van der Waals surface area contributed by atoms with Crippen LogP contribution in [0.1, 0.15) is 19.3 Å². The highest BCUT2D eigenvalue weighted by atomic mass is 79.9. The molecule has 2 rings (SSSR count). The van der Waals surface area contributed by atoms with Crippen LogP contribution < -0.4 is 4.74 Å². The fourth-order valence-electron chi connectivity index (χ4n) is 2.40. The lowest BCUT2D eigenvalue weighted by Crippen LogP contribution is -2.46. The Morgan fingerprint density at radius 1 is 1.50 bits per heavy atom. The molecule has 1 unspecified atom stereocenters. The van der Waals surface area contributed by atoms with Gasteiger partial charge in [0.25, 0.3) is 0 Å². The second-order valence-corrected chi connectivity index (χ2v) is 6.10. The second kappa shape index (κ2) is 7.29. The molecule has 1 heterocycles. The molecule has 1 atom stereocenters. The Bertz CT molecular complexity index is 483. The van der Waals surface area contributed by atoms with Crippen molar-refractivity contribution in [1.82, 2.24) is 4.90 Å². The second-order valence-electron chi connectivity index (χ2n) is 4.81. The number of benzene rings is 1. The van der Waals surface area contributed by atoms with Crippen LogP contribution in [0.3, 0.4) is 0 Å². The molecule has 0 bridgehead atoms. The van der Waals surface area contributed by atoms with Gasteiger partial charge < -0.3 is 9.84 Å². The third-order valence-electron chi connectivity index (χ3n) is 3.43. The van der Waals surface area contributed by atoms with Crippen molar-refractivity contribution in [3.8, 4) is 5.75 Å². The van der Waals surface area contributed by atoms with Gasteiger partial charge in [0.2, 0.25) is 0 Å². The van der Waals surface area contributed by atoms with Gasteiger partial charge in [-0.2, -0.15) is 0 Å². The molecule has 1 fully saturated rings. The number of likely N-dealkylation sites (tertiary alicyclic amines) is 1. The largest absolute Gasteiger partial charge is 0.491 e. The van der Waals surface area contributed by atoms with E-state index in [0.29, 0.717) is 18.2 Å². The van der Waals surface area contributed by atoms with Crippen LogP contribution in [-0.4, -0.2) is 41.7 Å². The van der Waals surface area contributed by atoms with Gasteiger partial charge in [-0.3, -0.25) is 9.69 Å². The summed E-state index contributed by atoms with van der Waals surface area (Å²) in [6.07, 6.45) is 2.76. The third kappa shape index (κ3) is 4.11. The SMILES string of the molecule is O=C(O)C1CCCCN1CCOc1ccc(Cl)cc1Br. The van der Waals surface area contributed by atoms with Crippen LogP contribution in [0, 0.1) is 0 Å². The van der Waals surface area contributed by atoms with Crippen molar-refractivity contribution in [2.45, 2.75) is 25.3 Å². The number of hydrogen-bond donors (Lipinski definition) is 1. The van der Waals surface area contributed by atoms with E-state index in [1.807, 2.05) is 4.90 Å². The zero-order valence-corrected chi connectivity index (χ0v) is 13.4. The minimum atomic E-state index is -0.739. The van der Waals surface area contributed by atoms with E-state index in [4.69, 9.17) is 16.3 Å². The van der Waals surface area contributed by atoms with Gasteiger partial charge in [-0.05, 0) is 53.5 Å². The summed E-state index contributed by atoms with van der Waals surface area (Å²) < 4.78 is 6.49. The maximum Gasteiger partial charge on any atom is 0.320 e. The molecule has 0 aromatic heterocycles. The monoisotopic (exact) mass is 361 g/mol. The number of nitrogens with zero attached hydrogens (tertiary/aromatic N) is 1. The van der Waals surface area contributed by atoms with E-state index in [9.17, 15) is 9.90 Å². The first kappa shape index (κ1) is 15.6. The molecule has 0 aliphatic carbocycles. The quantitative estimate of drug-likeness (QED) is 0.872. The summed E-state index contributed by atoms with van der Waals surface area (Å²) >= 11 is 9.26. The Kier molecular flexibility index (Phi) is 5.69. The summed E-state index contributed by atoms with van der Waals surface area (Å²) in [4.78, 5) is 13.2. The lowest BCUT2D eigenvalue weighted by molar-refractivity contribution is -0.144. The topological polar surface area (TPSA) is 49.8 Å². The van der Waals surface area contributed by atoms with Crippen LogP contribution in [0.25, 0.3) is 0 Å². The molecule has 6 heteroatoms. The number of aliphatic carboxylic acids is 1. The highest BCUT2D eigenvalue weighted by Gasteiger charge is 2.27. The summed E-state index contributed by atoms with van der Waals surface area (Å²) in [7, 11) is 0. The molecule has 20 heavy (non-hydrogen) atoms. The molecule has 4 nitrogen and oxygen atoms in total. The van der Waals surface area contributed by atoms with Crippen LogP contribution in [0.5, 0.6) is 5.75 Å². The van der Waals surface area contributed by atoms with Gasteiger partial charge in [-0.15, -0.1) is 0 Å².